The van der Waals surface area contributed by atoms with Gasteiger partial charge >= 0.3 is 11.9 Å². The van der Waals surface area contributed by atoms with Gasteiger partial charge < -0.3 is 14.2 Å². The van der Waals surface area contributed by atoms with Gasteiger partial charge in [0.1, 0.15) is 17.6 Å². The first kappa shape index (κ1) is 32.7. The molecule has 2 aromatic rings. The SMILES string of the molecule is CCCCCCCCCCCCCCCCOc1ccc(C(=O)Oc2ccc(C(=O)OC3CCCCC3)cc2)cc1. The number of esters is 2. The van der Waals surface area contributed by atoms with Crippen LogP contribution in [0, 0.1) is 0 Å². The van der Waals surface area contributed by atoms with Gasteiger partial charge in [0.15, 0.2) is 0 Å². The number of carbonyl (C=O) groups is 2. The summed E-state index contributed by atoms with van der Waals surface area (Å²) in [6.07, 6.45) is 24.1. The lowest BCUT2D eigenvalue weighted by molar-refractivity contribution is 0.0211. The number of carbonyl (C=O) groups excluding carboxylic acids is 2. The zero-order chi connectivity index (χ0) is 29.0. The minimum absolute atomic E-state index is 0.0138. The molecule has 0 N–H and O–H groups in total. The van der Waals surface area contributed by atoms with E-state index in [1.807, 2.05) is 12.1 Å². The van der Waals surface area contributed by atoms with Crippen LogP contribution in [0.5, 0.6) is 11.5 Å². The molecule has 1 saturated carbocycles. The molecule has 0 bridgehead atoms. The summed E-state index contributed by atoms with van der Waals surface area (Å²) in [4.78, 5) is 24.9. The number of benzene rings is 2. The lowest BCUT2D eigenvalue weighted by Crippen LogP contribution is -2.20. The summed E-state index contributed by atoms with van der Waals surface area (Å²) >= 11 is 0. The van der Waals surface area contributed by atoms with Gasteiger partial charge in [-0.05, 0) is 80.6 Å². The standard InChI is InChI=1S/C36H52O5/c1-2-3-4-5-6-7-8-9-10-11-12-13-14-18-29-39-32-25-21-30(22-26-32)36(38)41-34-27-23-31(24-28-34)35(37)40-33-19-16-15-17-20-33/h21-28,33H,2-20,29H2,1H3. The Kier molecular flexibility index (Phi) is 16.0. The molecule has 0 spiro atoms. The molecule has 1 aliphatic rings. The van der Waals surface area contributed by atoms with Crippen LogP contribution in [-0.2, 0) is 4.74 Å². The fourth-order valence-corrected chi connectivity index (χ4v) is 5.40. The Balaban J connectivity index is 1.22. The number of unbranched alkanes of at least 4 members (excludes halogenated alkanes) is 13. The van der Waals surface area contributed by atoms with Crippen molar-refractivity contribution in [1.29, 1.82) is 0 Å². The summed E-state index contributed by atoms with van der Waals surface area (Å²) in [6.45, 7) is 2.97. The Hall–Kier alpha value is -2.82. The molecule has 1 aliphatic carbocycles. The average Bonchev–Trinajstić information content (AvgIpc) is 3.00. The topological polar surface area (TPSA) is 61.8 Å². The normalized spacial score (nSPS) is 13.6. The molecule has 0 amide bonds. The zero-order valence-electron chi connectivity index (χ0n) is 25.4. The number of rotatable bonds is 20. The monoisotopic (exact) mass is 564 g/mol. The molecule has 226 valence electrons. The summed E-state index contributed by atoms with van der Waals surface area (Å²) in [6, 6.07) is 13.6. The molecule has 2 aromatic carbocycles. The van der Waals surface area contributed by atoms with E-state index in [4.69, 9.17) is 14.2 Å². The van der Waals surface area contributed by atoms with Gasteiger partial charge in [-0.15, -0.1) is 0 Å². The maximum absolute atomic E-state index is 12.6. The van der Waals surface area contributed by atoms with Gasteiger partial charge in [0, 0.05) is 0 Å². The molecule has 0 aliphatic heterocycles. The average molecular weight is 565 g/mol. The van der Waals surface area contributed by atoms with Crippen molar-refractivity contribution in [3.8, 4) is 11.5 Å². The summed E-state index contributed by atoms with van der Waals surface area (Å²) in [5, 5.41) is 0. The van der Waals surface area contributed by atoms with Crippen molar-refractivity contribution in [2.45, 2.75) is 135 Å². The molecular formula is C36H52O5. The highest BCUT2D eigenvalue weighted by molar-refractivity contribution is 5.92. The Morgan fingerprint density at radius 2 is 1.05 bits per heavy atom. The van der Waals surface area contributed by atoms with Gasteiger partial charge in [-0.25, -0.2) is 9.59 Å². The number of ether oxygens (including phenoxy) is 3. The van der Waals surface area contributed by atoms with E-state index in [1.165, 1.54) is 89.9 Å². The van der Waals surface area contributed by atoms with Crippen molar-refractivity contribution in [1.82, 2.24) is 0 Å². The predicted molar refractivity (Wildman–Crippen MR) is 166 cm³/mol. The minimum Gasteiger partial charge on any atom is -0.494 e. The smallest absolute Gasteiger partial charge is 0.343 e. The van der Waals surface area contributed by atoms with E-state index in [0.29, 0.717) is 23.5 Å². The Labute approximate surface area is 248 Å². The summed E-state index contributed by atoms with van der Waals surface area (Å²) < 4.78 is 16.9. The van der Waals surface area contributed by atoms with Gasteiger partial charge in [0.25, 0.3) is 0 Å². The van der Waals surface area contributed by atoms with Gasteiger partial charge in [0.05, 0.1) is 17.7 Å². The van der Waals surface area contributed by atoms with Crippen LogP contribution in [0.2, 0.25) is 0 Å². The molecule has 5 nitrogen and oxygen atoms in total. The van der Waals surface area contributed by atoms with Crippen LogP contribution in [0.25, 0.3) is 0 Å². The second-order valence-corrected chi connectivity index (χ2v) is 11.5. The molecule has 0 radical (unpaired) electrons. The van der Waals surface area contributed by atoms with Crippen LogP contribution >= 0.6 is 0 Å². The fourth-order valence-electron chi connectivity index (χ4n) is 5.40. The maximum Gasteiger partial charge on any atom is 0.343 e. The van der Waals surface area contributed by atoms with E-state index in [9.17, 15) is 9.59 Å². The third-order valence-corrected chi connectivity index (χ3v) is 7.98. The van der Waals surface area contributed by atoms with Gasteiger partial charge in [-0.1, -0.05) is 96.8 Å². The number of hydrogen-bond donors (Lipinski definition) is 0. The largest absolute Gasteiger partial charge is 0.494 e. The minimum atomic E-state index is -0.443. The van der Waals surface area contributed by atoms with E-state index >= 15 is 0 Å². The maximum atomic E-state index is 12.6. The van der Waals surface area contributed by atoms with Crippen LogP contribution in [0.4, 0.5) is 0 Å². The van der Waals surface area contributed by atoms with E-state index < -0.39 is 5.97 Å². The second kappa shape index (κ2) is 20.1. The lowest BCUT2D eigenvalue weighted by atomic mass is 9.98. The van der Waals surface area contributed by atoms with Crippen molar-refractivity contribution in [3.63, 3.8) is 0 Å². The fraction of sp³-hybridized carbons (Fsp3) is 0.611. The number of hydrogen-bond acceptors (Lipinski definition) is 5. The molecule has 0 aromatic heterocycles. The molecule has 0 heterocycles. The first-order valence-corrected chi connectivity index (χ1v) is 16.4. The van der Waals surface area contributed by atoms with E-state index in [-0.39, 0.29) is 12.1 Å². The predicted octanol–water partition coefficient (Wildman–Crippen LogP) is 10.3. The molecule has 1 fully saturated rings. The van der Waals surface area contributed by atoms with E-state index in [1.54, 1.807) is 36.4 Å². The summed E-state index contributed by atoms with van der Waals surface area (Å²) in [5.74, 6) is 0.389. The van der Waals surface area contributed by atoms with Gasteiger partial charge in [-0.2, -0.15) is 0 Å². The van der Waals surface area contributed by atoms with Crippen LogP contribution in [0.15, 0.2) is 48.5 Å². The Morgan fingerprint density at radius 3 is 1.59 bits per heavy atom. The van der Waals surface area contributed by atoms with Crippen LogP contribution in [0.3, 0.4) is 0 Å². The van der Waals surface area contributed by atoms with Crippen molar-refractivity contribution in [2.75, 3.05) is 6.61 Å². The van der Waals surface area contributed by atoms with Crippen LogP contribution in [0.1, 0.15) is 150 Å². The van der Waals surface area contributed by atoms with Crippen molar-refractivity contribution < 1.29 is 23.8 Å². The summed E-state index contributed by atoms with van der Waals surface area (Å²) in [7, 11) is 0. The first-order valence-electron chi connectivity index (χ1n) is 16.4. The first-order chi connectivity index (χ1) is 20.2. The van der Waals surface area contributed by atoms with E-state index in [2.05, 4.69) is 6.92 Å². The van der Waals surface area contributed by atoms with Crippen LogP contribution < -0.4 is 9.47 Å². The van der Waals surface area contributed by atoms with E-state index in [0.717, 1.165) is 37.9 Å². The molecule has 41 heavy (non-hydrogen) atoms. The Bertz CT molecular complexity index is 976. The highest BCUT2D eigenvalue weighted by Crippen LogP contribution is 2.23. The van der Waals surface area contributed by atoms with Gasteiger partial charge in [-0.3, -0.25) is 0 Å². The van der Waals surface area contributed by atoms with Crippen molar-refractivity contribution >= 4 is 11.9 Å². The molecular weight excluding hydrogens is 512 g/mol. The van der Waals surface area contributed by atoms with Crippen LogP contribution in [-0.4, -0.2) is 24.6 Å². The zero-order valence-corrected chi connectivity index (χ0v) is 25.4. The van der Waals surface area contributed by atoms with Gasteiger partial charge in [0.2, 0.25) is 0 Å². The molecule has 0 atom stereocenters. The molecule has 0 saturated heterocycles. The lowest BCUT2D eigenvalue weighted by Gasteiger charge is -2.21. The third-order valence-electron chi connectivity index (χ3n) is 7.98. The molecule has 0 unspecified atom stereocenters. The second-order valence-electron chi connectivity index (χ2n) is 11.5. The van der Waals surface area contributed by atoms with Crippen molar-refractivity contribution in [3.05, 3.63) is 59.7 Å². The quantitative estimate of drug-likeness (QED) is 0.0909. The molecule has 5 heteroatoms. The highest BCUT2D eigenvalue weighted by atomic mass is 16.5. The van der Waals surface area contributed by atoms with Crippen molar-refractivity contribution in [2.24, 2.45) is 0 Å². The molecule has 3 rings (SSSR count). The summed E-state index contributed by atoms with van der Waals surface area (Å²) in [5.41, 5.74) is 0.922. The highest BCUT2D eigenvalue weighted by Gasteiger charge is 2.19. The third kappa shape index (κ3) is 13.6. The Morgan fingerprint density at radius 1 is 0.585 bits per heavy atom.